The van der Waals surface area contributed by atoms with E-state index in [0.29, 0.717) is 0 Å². The average Bonchev–Trinajstić information content (AvgIpc) is 2.65. The molecule has 0 radical (unpaired) electrons. The number of benzene rings is 1. The van der Waals surface area contributed by atoms with Gasteiger partial charge in [0.25, 0.3) is 0 Å². The number of nitro benzene ring substituents is 1. The molecule has 0 atom stereocenters. The molecule has 28 heavy (non-hydrogen) atoms. The molecule has 0 aliphatic rings. The van der Waals surface area contributed by atoms with E-state index in [-0.39, 0.29) is 10.6 Å². The van der Waals surface area contributed by atoms with Crippen molar-refractivity contribution in [2.75, 3.05) is 0 Å². The Balaban J connectivity index is 3.55. The molecule has 0 bridgehead atoms. The molecule has 1 aromatic rings. The molecule has 0 amide bonds. The van der Waals surface area contributed by atoms with E-state index in [4.69, 9.17) is 0 Å². The Morgan fingerprint density at radius 3 is 1.68 bits per heavy atom. The second kappa shape index (κ2) is 12.2. The van der Waals surface area contributed by atoms with E-state index < -0.39 is 26.5 Å². The van der Waals surface area contributed by atoms with Crippen molar-refractivity contribution in [3.8, 4) is 0 Å². The van der Waals surface area contributed by atoms with Gasteiger partial charge < -0.3 is 0 Å². The van der Waals surface area contributed by atoms with Gasteiger partial charge in [0.15, 0.2) is 0 Å². The van der Waals surface area contributed by atoms with Crippen LogP contribution in [0.5, 0.6) is 0 Å². The minimum atomic E-state index is -2.60. The van der Waals surface area contributed by atoms with Gasteiger partial charge >= 0.3 is 179 Å². The Morgan fingerprint density at radius 2 is 1.36 bits per heavy atom. The standard InChI is InChI=1S/C11H14NO2Si.3C4H9.Sn/c1-15(2,3)9-8-10-4-6-11(7-5-10)12(13)14;3*1-3-4-2;/h4-7,9H,1-3H3;3*1,3-4H2,2H3;. The summed E-state index contributed by atoms with van der Waals surface area (Å²) >= 11 is -2.60. The third-order valence-corrected chi connectivity index (χ3v) is 23.3. The first-order valence-electron chi connectivity index (χ1n) is 11.2. The molecule has 0 unspecified atom stereocenters. The van der Waals surface area contributed by atoms with Crippen molar-refractivity contribution in [2.45, 2.75) is 92.2 Å². The van der Waals surface area contributed by atoms with Crippen molar-refractivity contribution in [1.29, 1.82) is 0 Å². The van der Waals surface area contributed by atoms with Gasteiger partial charge in [0.1, 0.15) is 0 Å². The molecule has 0 fully saturated rings. The van der Waals surface area contributed by atoms with Gasteiger partial charge in [-0.3, -0.25) is 0 Å². The second-order valence-corrected chi connectivity index (χ2v) is 27.5. The summed E-state index contributed by atoms with van der Waals surface area (Å²) in [4.78, 5) is 10.9. The van der Waals surface area contributed by atoms with Crippen LogP contribution in [0.3, 0.4) is 0 Å². The first kappa shape index (κ1) is 25.4. The summed E-state index contributed by atoms with van der Waals surface area (Å²) in [5.41, 5.74) is 4.16. The first-order chi connectivity index (χ1) is 13.2. The number of unbranched alkanes of at least 4 members (excludes halogenated alkanes) is 3. The summed E-state index contributed by atoms with van der Waals surface area (Å²) in [6.07, 6.45) is 7.78. The average molecular weight is 510 g/mol. The van der Waals surface area contributed by atoms with Gasteiger partial charge in [-0.05, 0) is 0 Å². The molecule has 0 N–H and O–H groups in total. The number of nitrogens with zero attached hydrogens (tertiary/aromatic N) is 1. The number of hydrogen-bond donors (Lipinski definition) is 0. The van der Waals surface area contributed by atoms with Crippen molar-refractivity contribution in [3.63, 3.8) is 0 Å². The van der Waals surface area contributed by atoms with Crippen molar-refractivity contribution in [2.24, 2.45) is 0 Å². The molecule has 0 aliphatic heterocycles. The van der Waals surface area contributed by atoms with Crippen LogP contribution in [0.1, 0.15) is 64.9 Å². The molecule has 0 heterocycles. The van der Waals surface area contributed by atoms with Crippen molar-refractivity contribution in [1.82, 2.24) is 0 Å². The molecule has 0 spiro atoms. The van der Waals surface area contributed by atoms with E-state index in [0.717, 1.165) is 0 Å². The van der Waals surface area contributed by atoms with Gasteiger partial charge in [-0.15, -0.1) is 0 Å². The third kappa shape index (κ3) is 8.01. The Labute approximate surface area is 178 Å². The van der Waals surface area contributed by atoms with Gasteiger partial charge in [0, 0.05) is 0 Å². The quantitative estimate of drug-likeness (QED) is 0.152. The van der Waals surface area contributed by atoms with Crippen LogP contribution in [-0.2, 0) is 0 Å². The minimum absolute atomic E-state index is 0.201. The number of rotatable bonds is 13. The van der Waals surface area contributed by atoms with Crippen LogP contribution in [0.2, 0.25) is 33.0 Å². The van der Waals surface area contributed by atoms with E-state index in [1.807, 2.05) is 12.1 Å². The van der Waals surface area contributed by atoms with E-state index in [1.165, 1.54) is 57.4 Å². The zero-order valence-corrected chi connectivity index (χ0v) is 22.9. The van der Waals surface area contributed by atoms with Gasteiger partial charge in [-0.2, -0.15) is 0 Å². The van der Waals surface area contributed by atoms with Crippen molar-refractivity contribution in [3.05, 3.63) is 45.6 Å². The maximum absolute atomic E-state index is 11.1. The van der Waals surface area contributed by atoms with Crippen molar-refractivity contribution < 1.29 is 4.92 Å². The predicted molar refractivity (Wildman–Crippen MR) is 129 cm³/mol. The molecule has 0 saturated carbocycles. The van der Waals surface area contributed by atoms with E-state index >= 15 is 0 Å². The summed E-state index contributed by atoms with van der Waals surface area (Å²) in [7, 11) is -1.41. The van der Waals surface area contributed by atoms with Crippen LogP contribution in [0.25, 0.3) is 3.59 Å². The van der Waals surface area contributed by atoms with Gasteiger partial charge in [0.2, 0.25) is 0 Å². The van der Waals surface area contributed by atoms with Crippen LogP contribution in [0, 0.1) is 10.1 Å². The molecule has 5 heteroatoms. The fourth-order valence-electron chi connectivity index (χ4n) is 4.06. The van der Waals surface area contributed by atoms with Crippen molar-refractivity contribution >= 4 is 35.7 Å². The fraction of sp³-hybridized carbons (Fsp3) is 0.652. The zero-order valence-electron chi connectivity index (χ0n) is 19.0. The summed E-state index contributed by atoms with van der Waals surface area (Å²) in [5.74, 6) is 0. The molecule has 3 nitrogen and oxygen atoms in total. The number of nitro groups is 1. The Morgan fingerprint density at radius 1 is 0.929 bits per heavy atom. The summed E-state index contributed by atoms with van der Waals surface area (Å²) in [6.45, 7) is 14.2. The van der Waals surface area contributed by atoms with Crippen LogP contribution < -0.4 is 0 Å². The SMILES string of the molecule is CCC[CH2][Sn]([CH2]CCC)([CH2]CCC)/[C](=C\[Si](C)(C)C)c1ccc([N+](=O)[O-])cc1. The third-order valence-electron chi connectivity index (χ3n) is 5.56. The molecular weight excluding hydrogens is 469 g/mol. The summed E-state index contributed by atoms with van der Waals surface area (Å²) in [5, 5.41) is 11.1. The molecule has 158 valence electrons. The van der Waals surface area contributed by atoms with E-state index in [2.05, 4.69) is 46.1 Å². The predicted octanol–water partition coefficient (Wildman–Crippen LogP) is 8.24. The number of non-ortho nitro benzene ring substituents is 1. The van der Waals surface area contributed by atoms with Gasteiger partial charge in [-0.25, -0.2) is 0 Å². The molecule has 1 rings (SSSR count). The zero-order chi connectivity index (χ0) is 21.2. The van der Waals surface area contributed by atoms with E-state index in [9.17, 15) is 10.1 Å². The van der Waals surface area contributed by atoms with Crippen LogP contribution in [-0.4, -0.2) is 31.4 Å². The topological polar surface area (TPSA) is 43.1 Å². The van der Waals surface area contributed by atoms with Crippen LogP contribution in [0.15, 0.2) is 30.0 Å². The van der Waals surface area contributed by atoms with Gasteiger partial charge in [0.05, 0.1) is 0 Å². The first-order valence-corrected chi connectivity index (χ1v) is 22.2. The Kier molecular flexibility index (Phi) is 11.0. The molecule has 1 aromatic carbocycles. The molecule has 0 aromatic heterocycles. The van der Waals surface area contributed by atoms with Crippen LogP contribution >= 0.6 is 0 Å². The number of hydrogen-bond acceptors (Lipinski definition) is 2. The monoisotopic (exact) mass is 511 g/mol. The van der Waals surface area contributed by atoms with Crippen LogP contribution in [0.4, 0.5) is 5.69 Å². The van der Waals surface area contributed by atoms with E-state index in [1.54, 1.807) is 15.7 Å². The molecule has 0 saturated heterocycles. The Bertz CT molecular complexity index is 613. The molecular formula is C23H41NO2SiSn. The fourth-order valence-corrected chi connectivity index (χ4v) is 27.2. The Hall–Kier alpha value is -0.624. The maximum atomic E-state index is 11.1. The summed E-state index contributed by atoms with van der Waals surface area (Å²) < 4.78 is 5.97. The molecule has 0 aliphatic carbocycles. The second-order valence-electron chi connectivity index (χ2n) is 9.32. The van der Waals surface area contributed by atoms with Gasteiger partial charge in [-0.1, -0.05) is 0 Å². The normalized spacial score (nSPS) is 13.0. The summed E-state index contributed by atoms with van der Waals surface area (Å²) in [6, 6.07) is 7.51.